The summed E-state index contributed by atoms with van der Waals surface area (Å²) in [5.74, 6) is -1.77. The highest BCUT2D eigenvalue weighted by Crippen LogP contribution is 2.29. The molecule has 1 saturated carbocycles. The Bertz CT molecular complexity index is 1060. The summed E-state index contributed by atoms with van der Waals surface area (Å²) in [6.45, 7) is 6.35. The zero-order valence-electron chi connectivity index (χ0n) is 27.0. The van der Waals surface area contributed by atoms with E-state index in [4.69, 9.17) is 0 Å². The number of aliphatic hydroxyl groups excluding tert-OH is 2. The van der Waals surface area contributed by atoms with Gasteiger partial charge in [-0.15, -0.1) is 0 Å². The minimum absolute atomic E-state index is 0.00985. The van der Waals surface area contributed by atoms with Crippen LogP contribution < -0.4 is 10.6 Å². The average molecular weight is 624 g/mol. The minimum Gasteiger partial charge on any atom is -0.390 e. The molecule has 1 aliphatic carbocycles. The molecular formula is C33H57N3O6S. The number of sulfone groups is 1. The fourth-order valence-corrected chi connectivity index (χ4v) is 7.51. The highest BCUT2D eigenvalue weighted by atomic mass is 32.2. The van der Waals surface area contributed by atoms with Crippen molar-refractivity contribution in [2.45, 2.75) is 96.8 Å². The first kappa shape index (κ1) is 37.2. The van der Waals surface area contributed by atoms with Gasteiger partial charge in [-0.3, -0.25) is 9.59 Å². The number of aliphatic hydroxyl groups is 2. The van der Waals surface area contributed by atoms with Gasteiger partial charge in [0.2, 0.25) is 11.8 Å². The lowest BCUT2D eigenvalue weighted by molar-refractivity contribution is -0.128. The molecule has 2 amide bonds. The van der Waals surface area contributed by atoms with Crippen LogP contribution in [0.25, 0.3) is 0 Å². The van der Waals surface area contributed by atoms with E-state index in [1.54, 1.807) is 6.92 Å². The van der Waals surface area contributed by atoms with Crippen LogP contribution in [0, 0.1) is 23.7 Å². The van der Waals surface area contributed by atoms with Crippen molar-refractivity contribution in [1.29, 1.82) is 0 Å². The van der Waals surface area contributed by atoms with Crippen molar-refractivity contribution < 1.29 is 28.2 Å². The summed E-state index contributed by atoms with van der Waals surface area (Å²) in [6.07, 6.45) is 5.35. The van der Waals surface area contributed by atoms with Crippen LogP contribution in [0.15, 0.2) is 30.3 Å². The molecule has 1 aromatic carbocycles. The van der Waals surface area contributed by atoms with E-state index >= 15 is 0 Å². The van der Waals surface area contributed by atoms with E-state index in [9.17, 15) is 28.2 Å². The average Bonchev–Trinajstić information content (AvgIpc) is 2.94. The summed E-state index contributed by atoms with van der Waals surface area (Å²) in [4.78, 5) is 28.5. The van der Waals surface area contributed by atoms with Crippen LogP contribution in [0.3, 0.4) is 0 Å². The number of hydrogen-bond donors (Lipinski definition) is 4. The van der Waals surface area contributed by atoms with Crippen LogP contribution >= 0.6 is 0 Å². The van der Waals surface area contributed by atoms with E-state index in [1.807, 2.05) is 63.2 Å². The number of rotatable bonds is 19. The Hall–Kier alpha value is -2.01. The second-order valence-electron chi connectivity index (χ2n) is 13.3. The number of benzene rings is 1. The molecule has 0 aromatic heterocycles. The molecule has 2 rings (SSSR count). The monoisotopic (exact) mass is 623 g/mol. The van der Waals surface area contributed by atoms with Gasteiger partial charge in [0.25, 0.3) is 0 Å². The third-order valence-corrected chi connectivity index (χ3v) is 10.2. The Kier molecular flexibility index (Phi) is 16.2. The predicted octanol–water partition coefficient (Wildman–Crippen LogP) is 3.19. The topological polar surface area (TPSA) is 136 Å². The van der Waals surface area contributed by atoms with Crippen molar-refractivity contribution in [1.82, 2.24) is 15.5 Å². The van der Waals surface area contributed by atoms with E-state index in [0.717, 1.165) is 31.2 Å². The summed E-state index contributed by atoms with van der Waals surface area (Å²) >= 11 is 0. The molecule has 5 atom stereocenters. The molecule has 0 bridgehead atoms. The Morgan fingerprint density at radius 3 is 2.26 bits per heavy atom. The minimum atomic E-state index is -3.47. The van der Waals surface area contributed by atoms with Crippen molar-refractivity contribution in [2.24, 2.45) is 23.7 Å². The van der Waals surface area contributed by atoms with Crippen LogP contribution in [0.2, 0.25) is 0 Å². The number of nitrogens with one attached hydrogen (secondary N) is 2. The molecule has 0 saturated heterocycles. The van der Waals surface area contributed by atoms with Crippen molar-refractivity contribution in [3.05, 3.63) is 35.9 Å². The van der Waals surface area contributed by atoms with Gasteiger partial charge in [0.1, 0.15) is 6.10 Å². The summed E-state index contributed by atoms with van der Waals surface area (Å²) in [5, 5.41) is 27.5. The van der Waals surface area contributed by atoms with Crippen molar-refractivity contribution in [2.75, 3.05) is 38.7 Å². The van der Waals surface area contributed by atoms with E-state index in [2.05, 4.69) is 10.6 Å². The predicted molar refractivity (Wildman–Crippen MR) is 172 cm³/mol. The molecule has 246 valence electrons. The third-order valence-electron chi connectivity index (χ3n) is 8.40. The molecule has 9 nitrogen and oxygen atoms in total. The first-order valence-corrected chi connectivity index (χ1v) is 17.9. The Morgan fingerprint density at radius 1 is 1.00 bits per heavy atom. The lowest BCUT2D eigenvalue weighted by atomic mass is 9.82. The molecule has 0 radical (unpaired) electrons. The Labute approximate surface area is 260 Å². The summed E-state index contributed by atoms with van der Waals surface area (Å²) < 4.78 is 25.9. The molecule has 1 aromatic rings. The third kappa shape index (κ3) is 14.5. The van der Waals surface area contributed by atoms with E-state index in [0.29, 0.717) is 31.7 Å². The number of hydrogen-bond acceptors (Lipinski definition) is 7. The van der Waals surface area contributed by atoms with Crippen LogP contribution in [0.5, 0.6) is 0 Å². The molecule has 1 fully saturated rings. The summed E-state index contributed by atoms with van der Waals surface area (Å²) in [7, 11) is 0.311. The zero-order valence-corrected chi connectivity index (χ0v) is 27.8. The van der Waals surface area contributed by atoms with Crippen LogP contribution in [0.4, 0.5) is 0 Å². The van der Waals surface area contributed by atoms with Gasteiger partial charge in [-0.2, -0.15) is 0 Å². The normalized spacial score (nSPS) is 18.2. The molecule has 0 heterocycles. The van der Waals surface area contributed by atoms with Gasteiger partial charge in [-0.25, -0.2) is 8.42 Å². The van der Waals surface area contributed by atoms with Gasteiger partial charge in [-0.1, -0.05) is 83.2 Å². The first-order valence-electron chi connectivity index (χ1n) is 16.1. The number of carbonyl (C=O) groups is 2. The van der Waals surface area contributed by atoms with Gasteiger partial charge in [0, 0.05) is 6.54 Å². The Morgan fingerprint density at radius 2 is 1.65 bits per heavy atom. The highest BCUT2D eigenvalue weighted by molar-refractivity contribution is 7.91. The van der Waals surface area contributed by atoms with Gasteiger partial charge in [0.05, 0.1) is 35.5 Å². The molecule has 0 aliphatic heterocycles. The lowest BCUT2D eigenvalue weighted by Gasteiger charge is -2.33. The second-order valence-corrected chi connectivity index (χ2v) is 15.6. The fourth-order valence-electron chi connectivity index (χ4n) is 5.89. The van der Waals surface area contributed by atoms with Gasteiger partial charge < -0.3 is 25.7 Å². The molecule has 0 spiro atoms. The van der Waals surface area contributed by atoms with E-state index < -0.39 is 45.8 Å². The van der Waals surface area contributed by atoms with Gasteiger partial charge in [0.15, 0.2) is 9.84 Å². The molecular weight excluding hydrogens is 566 g/mol. The first-order chi connectivity index (χ1) is 20.3. The van der Waals surface area contributed by atoms with E-state index in [-0.39, 0.29) is 36.3 Å². The smallest absolute Gasteiger partial charge is 0.224 e. The molecule has 0 unspecified atom stereocenters. The van der Waals surface area contributed by atoms with Crippen molar-refractivity contribution in [3.63, 3.8) is 0 Å². The maximum absolute atomic E-state index is 13.3. The highest BCUT2D eigenvalue weighted by Gasteiger charge is 2.32. The SMILES string of the molecule is CC(C)C[C@H](O)[C@H](O)[C@H](CC1CCCCC1)NC(=O)[C@H](C)CNC(=O)[C@H](Cc1ccccc1)CS(=O)(=O)CCCN(C)C. The summed E-state index contributed by atoms with van der Waals surface area (Å²) in [5.41, 5.74) is 0.872. The van der Waals surface area contributed by atoms with E-state index in [1.165, 1.54) is 6.42 Å². The van der Waals surface area contributed by atoms with Crippen LogP contribution in [-0.2, 0) is 25.8 Å². The molecule has 43 heavy (non-hydrogen) atoms. The van der Waals surface area contributed by atoms with Crippen LogP contribution in [0.1, 0.15) is 77.7 Å². The Balaban J connectivity index is 2.05. The number of amides is 2. The number of nitrogens with zero attached hydrogens (tertiary/aromatic N) is 1. The molecule has 1 aliphatic rings. The van der Waals surface area contributed by atoms with Crippen molar-refractivity contribution >= 4 is 21.7 Å². The maximum Gasteiger partial charge on any atom is 0.224 e. The van der Waals surface area contributed by atoms with Crippen LogP contribution in [-0.4, -0.2) is 92.3 Å². The maximum atomic E-state index is 13.3. The molecule has 10 heteroatoms. The standard InChI is InChI=1S/C33H57N3O6S/c1-24(2)19-30(37)31(38)29(21-27-15-10-7-11-16-27)35-32(39)25(3)22-34-33(40)28(20-26-13-8-6-9-14-26)23-43(41,42)18-12-17-36(4)5/h6,8-9,13-14,24-25,27-31,37-38H,7,10-12,15-23H2,1-5H3,(H,34,40)(H,35,39)/t25-,28-,29+,30+,31-/m1/s1. The van der Waals surface area contributed by atoms with Gasteiger partial charge >= 0.3 is 0 Å². The lowest BCUT2D eigenvalue weighted by Crippen LogP contribution is -2.52. The molecule has 4 N–H and O–H groups in total. The fraction of sp³-hybridized carbons (Fsp3) is 0.758. The second kappa shape index (κ2) is 18.7. The van der Waals surface area contributed by atoms with Gasteiger partial charge in [-0.05, 0) is 63.7 Å². The largest absolute Gasteiger partial charge is 0.390 e. The van der Waals surface area contributed by atoms with Crippen molar-refractivity contribution in [3.8, 4) is 0 Å². The summed E-state index contributed by atoms with van der Waals surface area (Å²) in [6, 6.07) is 8.76. The number of carbonyl (C=O) groups excluding carboxylic acids is 2. The zero-order chi connectivity index (χ0) is 32.0. The quantitative estimate of drug-likeness (QED) is 0.186.